The van der Waals surface area contributed by atoms with Crippen molar-refractivity contribution in [3.05, 3.63) is 33.1 Å². The smallest absolute Gasteiger partial charge is 0.336 e. The predicted octanol–water partition coefficient (Wildman–Crippen LogP) is 0.0962. The van der Waals surface area contributed by atoms with Crippen molar-refractivity contribution in [3.8, 4) is 0 Å². The van der Waals surface area contributed by atoms with E-state index in [2.05, 4.69) is 4.98 Å². The van der Waals surface area contributed by atoms with Crippen molar-refractivity contribution in [1.82, 2.24) is 9.55 Å². The second kappa shape index (κ2) is 4.71. The molecule has 5 nitrogen and oxygen atoms in total. The van der Waals surface area contributed by atoms with Crippen molar-refractivity contribution in [2.45, 2.75) is 13.3 Å². The molecule has 1 rings (SSSR count). The molecule has 0 radical (unpaired) electrons. The zero-order valence-electron chi connectivity index (χ0n) is 7.65. The summed E-state index contributed by atoms with van der Waals surface area (Å²) in [5.41, 5.74) is -1.08. The van der Waals surface area contributed by atoms with Crippen molar-refractivity contribution < 1.29 is 4.74 Å². The van der Waals surface area contributed by atoms with E-state index in [9.17, 15) is 9.59 Å². The minimum Gasteiger partial charge on any atom is -0.470 e. The number of H-pyrrole nitrogens is 1. The fourth-order valence-corrected chi connectivity index (χ4v) is 1.11. The summed E-state index contributed by atoms with van der Waals surface area (Å²) in [4.78, 5) is 24.7. The van der Waals surface area contributed by atoms with Crippen LogP contribution in [-0.4, -0.2) is 21.3 Å². The summed E-state index contributed by atoms with van der Waals surface area (Å²) in [7, 11) is 0. The highest BCUT2D eigenvalue weighted by Gasteiger charge is 2.06. The van der Waals surface area contributed by atoms with Gasteiger partial charge in [-0.3, -0.25) is 4.79 Å². The van der Waals surface area contributed by atoms with E-state index < -0.39 is 11.2 Å². The van der Waals surface area contributed by atoms with Gasteiger partial charge in [-0.25, -0.2) is 4.79 Å². The van der Waals surface area contributed by atoms with E-state index in [0.29, 0.717) is 6.61 Å². The normalized spacial score (nSPS) is 9.79. The Morgan fingerprint density at radius 1 is 1.64 bits per heavy atom. The molecule has 0 unspecified atom stereocenters. The molecule has 1 aromatic heterocycles. The highest BCUT2D eigenvalue weighted by atomic mass is 32.1. The molecule has 0 aliphatic carbocycles. The van der Waals surface area contributed by atoms with E-state index in [4.69, 9.17) is 17.0 Å². The lowest BCUT2D eigenvalue weighted by Crippen LogP contribution is -2.39. The van der Waals surface area contributed by atoms with Crippen LogP contribution < -0.4 is 11.2 Å². The molecule has 6 heteroatoms. The molecule has 0 aliphatic rings. The van der Waals surface area contributed by atoms with Crippen LogP contribution in [0.4, 0.5) is 0 Å². The molecule has 1 heterocycles. The second-order valence-corrected chi connectivity index (χ2v) is 2.92. The first kappa shape index (κ1) is 10.6. The second-order valence-electron chi connectivity index (χ2n) is 2.57. The van der Waals surface area contributed by atoms with E-state index in [1.54, 1.807) is 0 Å². The number of rotatable bonds is 2. The third-order valence-corrected chi connectivity index (χ3v) is 1.77. The van der Waals surface area contributed by atoms with Gasteiger partial charge in [0.15, 0.2) is 0 Å². The van der Waals surface area contributed by atoms with Gasteiger partial charge in [0, 0.05) is 12.3 Å². The Balaban J connectivity index is 3.01. The zero-order chi connectivity index (χ0) is 10.6. The fraction of sp³-hybridized carbons (Fsp3) is 0.375. The molecule has 0 fully saturated rings. The van der Waals surface area contributed by atoms with Gasteiger partial charge in [-0.15, -0.1) is 0 Å². The Hall–Kier alpha value is -1.43. The van der Waals surface area contributed by atoms with Crippen LogP contribution in [0.1, 0.15) is 13.3 Å². The first-order chi connectivity index (χ1) is 6.66. The van der Waals surface area contributed by atoms with Gasteiger partial charge in [-0.05, 0) is 18.6 Å². The average molecular weight is 214 g/mol. The van der Waals surface area contributed by atoms with E-state index in [0.717, 1.165) is 11.0 Å². The largest absolute Gasteiger partial charge is 0.470 e. The molecule has 1 N–H and O–H groups in total. The molecule has 0 spiro atoms. The van der Waals surface area contributed by atoms with Crippen LogP contribution in [0.2, 0.25) is 0 Å². The quantitative estimate of drug-likeness (QED) is 0.709. The van der Waals surface area contributed by atoms with Gasteiger partial charge in [0.2, 0.25) is 0 Å². The Morgan fingerprint density at radius 2 is 2.36 bits per heavy atom. The topological polar surface area (TPSA) is 64.1 Å². The van der Waals surface area contributed by atoms with E-state index in [1.807, 2.05) is 6.92 Å². The van der Waals surface area contributed by atoms with Gasteiger partial charge in [-0.1, -0.05) is 6.92 Å². The summed E-state index contributed by atoms with van der Waals surface area (Å²) < 4.78 is 5.80. The van der Waals surface area contributed by atoms with Crippen LogP contribution >= 0.6 is 12.2 Å². The molecular weight excluding hydrogens is 204 g/mol. The number of hydrogen-bond donors (Lipinski definition) is 1. The predicted molar refractivity (Wildman–Crippen MR) is 55.6 cm³/mol. The number of aromatic nitrogens is 2. The molecular formula is C8H10N2O3S. The van der Waals surface area contributed by atoms with Crippen molar-refractivity contribution in [2.75, 3.05) is 6.61 Å². The molecule has 0 aromatic carbocycles. The molecule has 0 saturated carbocycles. The maximum Gasteiger partial charge on any atom is 0.336 e. The van der Waals surface area contributed by atoms with Gasteiger partial charge in [0.25, 0.3) is 10.7 Å². The lowest BCUT2D eigenvalue weighted by molar-refractivity contribution is 0.298. The molecule has 14 heavy (non-hydrogen) atoms. The van der Waals surface area contributed by atoms with Crippen LogP contribution in [0.15, 0.2) is 21.9 Å². The number of nitrogens with one attached hydrogen (secondary N) is 1. The Labute approximate surface area is 85.3 Å². The van der Waals surface area contributed by atoms with Crippen LogP contribution in [0.25, 0.3) is 0 Å². The van der Waals surface area contributed by atoms with Gasteiger partial charge in [-0.2, -0.15) is 4.57 Å². The first-order valence-corrected chi connectivity index (χ1v) is 4.55. The monoisotopic (exact) mass is 214 g/mol. The van der Waals surface area contributed by atoms with Gasteiger partial charge >= 0.3 is 5.69 Å². The van der Waals surface area contributed by atoms with Crippen molar-refractivity contribution in [1.29, 1.82) is 0 Å². The third kappa shape index (κ3) is 2.29. The summed E-state index contributed by atoms with van der Waals surface area (Å²) in [5.74, 6) is 0. The molecule has 1 aromatic rings. The summed E-state index contributed by atoms with van der Waals surface area (Å²) in [6.07, 6.45) is 2.03. The average Bonchev–Trinajstić information content (AvgIpc) is 2.14. The van der Waals surface area contributed by atoms with Crippen molar-refractivity contribution >= 4 is 17.4 Å². The van der Waals surface area contributed by atoms with Crippen LogP contribution in [-0.2, 0) is 4.74 Å². The van der Waals surface area contributed by atoms with E-state index >= 15 is 0 Å². The fourth-order valence-electron chi connectivity index (χ4n) is 0.850. The summed E-state index contributed by atoms with van der Waals surface area (Å²) in [6.45, 7) is 2.29. The van der Waals surface area contributed by atoms with E-state index in [1.165, 1.54) is 12.3 Å². The summed E-state index contributed by atoms with van der Waals surface area (Å²) in [6, 6.07) is 1.21. The number of thiocarbonyl (C=S) groups is 1. The number of hydrogen-bond acceptors (Lipinski definition) is 4. The van der Waals surface area contributed by atoms with Gasteiger partial charge < -0.3 is 9.72 Å². The Bertz CT molecular complexity index is 406. The Morgan fingerprint density at radius 3 is 2.93 bits per heavy atom. The third-order valence-electron chi connectivity index (χ3n) is 1.47. The minimum atomic E-state index is -0.585. The van der Waals surface area contributed by atoms with Crippen molar-refractivity contribution in [2.24, 2.45) is 0 Å². The minimum absolute atomic E-state index is 0.112. The molecule has 0 amide bonds. The van der Waals surface area contributed by atoms with Crippen LogP contribution in [0.3, 0.4) is 0 Å². The standard InChI is InChI=1S/C8H10N2O3S/c1-2-5-13-8(14)10-6(11)3-4-9-7(10)12/h3-4H,2,5H2,1H3,(H,9,12). The van der Waals surface area contributed by atoms with Gasteiger partial charge in [0.1, 0.15) is 0 Å². The van der Waals surface area contributed by atoms with Gasteiger partial charge in [0.05, 0.1) is 6.61 Å². The maximum atomic E-state index is 11.2. The number of nitrogens with zero attached hydrogens (tertiary/aromatic N) is 1. The molecule has 76 valence electrons. The van der Waals surface area contributed by atoms with Crippen molar-refractivity contribution in [3.63, 3.8) is 0 Å². The number of ether oxygens (including phenoxy) is 1. The van der Waals surface area contributed by atoms with Crippen LogP contribution in [0, 0.1) is 0 Å². The maximum absolute atomic E-state index is 11.2. The SMILES string of the molecule is CCCOC(=S)n1c(=O)cc[nH]c1=O. The zero-order valence-corrected chi connectivity index (χ0v) is 8.47. The molecule has 0 aliphatic heterocycles. The van der Waals surface area contributed by atoms with E-state index in [-0.39, 0.29) is 5.17 Å². The van der Waals surface area contributed by atoms with Crippen LogP contribution in [0.5, 0.6) is 0 Å². The molecule has 0 saturated heterocycles. The Kier molecular flexibility index (Phi) is 3.58. The summed E-state index contributed by atoms with van der Waals surface area (Å²) >= 11 is 4.78. The molecule has 0 bridgehead atoms. The lowest BCUT2D eigenvalue weighted by Gasteiger charge is -2.05. The molecule has 0 atom stereocenters. The highest BCUT2D eigenvalue weighted by molar-refractivity contribution is 7.80. The summed E-state index contributed by atoms with van der Waals surface area (Å²) in [5, 5.41) is -0.112. The lowest BCUT2D eigenvalue weighted by atomic mass is 10.5. The number of aromatic amines is 1. The first-order valence-electron chi connectivity index (χ1n) is 4.14. The highest BCUT2D eigenvalue weighted by Crippen LogP contribution is 1.84.